The third-order valence-corrected chi connectivity index (χ3v) is 6.10. The molecule has 2 aromatic rings. The predicted octanol–water partition coefficient (Wildman–Crippen LogP) is 3.22. The molecule has 1 N–H and O–H groups in total. The number of nitrogens with zero attached hydrogens (tertiary/aromatic N) is 1. The number of nitrogens with one attached hydrogen (secondary N) is 1. The van der Waals surface area contributed by atoms with Crippen molar-refractivity contribution in [3.05, 3.63) is 42.5 Å². The summed E-state index contributed by atoms with van der Waals surface area (Å²) in [6.45, 7) is 1.52. The maximum Gasteiger partial charge on any atom is 0.248 e. The van der Waals surface area contributed by atoms with Crippen molar-refractivity contribution in [3.63, 3.8) is 0 Å². The number of thioether (sulfide) groups is 1. The average Bonchev–Trinajstić information content (AvgIpc) is 2.67. The molecule has 2 aromatic carbocycles. The van der Waals surface area contributed by atoms with Crippen molar-refractivity contribution in [2.45, 2.75) is 17.9 Å². The first-order valence-corrected chi connectivity index (χ1v) is 11.5. The van der Waals surface area contributed by atoms with Crippen LogP contribution in [0.2, 0.25) is 0 Å². The van der Waals surface area contributed by atoms with Crippen LogP contribution in [0, 0.1) is 0 Å². The van der Waals surface area contributed by atoms with Gasteiger partial charge in [0, 0.05) is 11.0 Å². The minimum atomic E-state index is -3.80. The van der Waals surface area contributed by atoms with Gasteiger partial charge in [-0.1, -0.05) is 12.1 Å². The molecule has 1 atom stereocenters. The van der Waals surface area contributed by atoms with Gasteiger partial charge in [0.1, 0.15) is 17.5 Å². The molecule has 0 aromatic heterocycles. The minimum absolute atomic E-state index is 0.227. The SMILES string of the molecule is COc1ccc(OC)c(N([C@H](C)C(=O)Nc2ccccc2SC)S(C)(=O)=O)c1. The van der Waals surface area contributed by atoms with Crippen LogP contribution in [0.25, 0.3) is 0 Å². The van der Waals surface area contributed by atoms with Gasteiger partial charge < -0.3 is 14.8 Å². The van der Waals surface area contributed by atoms with Crippen LogP contribution < -0.4 is 19.1 Å². The molecule has 0 spiro atoms. The van der Waals surface area contributed by atoms with E-state index in [9.17, 15) is 13.2 Å². The van der Waals surface area contributed by atoms with E-state index in [0.29, 0.717) is 17.2 Å². The Hall–Kier alpha value is -2.39. The Morgan fingerprint density at radius 2 is 1.82 bits per heavy atom. The molecule has 0 aliphatic carbocycles. The molecule has 28 heavy (non-hydrogen) atoms. The summed E-state index contributed by atoms with van der Waals surface area (Å²) in [6.07, 6.45) is 2.95. The van der Waals surface area contributed by atoms with Gasteiger partial charge >= 0.3 is 0 Å². The second-order valence-corrected chi connectivity index (χ2v) is 8.67. The normalized spacial score (nSPS) is 12.2. The molecule has 2 rings (SSSR count). The fourth-order valence-corrected chi connectivity index (χ4v) is 4.46. The number of para-hydroxylation sites is 1. The molecule has 0 heterocycles. The van der Waals surface area contributed by atoms with E-state index in [2.05, 4.69) is 5.32 Å². The lowest BCUT2D eigenvalue weighted by Gasteiger charge is -2.29. The first-order chi connectivity index (χ1) is 13.2. The predicted molar refractivity (Wildman–Crippen MR) is 113 cm³/mol. The highest BCUT2D eigenvalue weighted by Crippen LogP contribution is 2.35. The number of amides is 1. The number of sulfonamides is 1. The van der Waals surface area contributed by atoms with Crippen LogP contribution in [0.3, 0.4) is 0 Å². The van der Waals surface area contributed by atoms with Gasteiger partial charge in [0.2, 0.25) is 15.9 Å². The summed E-state index contributed by atoms with van der Waals surface area (Å²) < 4.78 is 36.7. The standard InChI is InChI=1S/C19H24N2O5S2/c1-13(19(22)20-15-8-6-7-9-18(15)27-4)21(28(5,23)24)16-12-14(25-2)10-11-17(16)26-3/h6-13H,1-5H3,(H,20,22)/t13-/m1/s1. The van der Waals surface area contributed by atoms with E-state index < -0.39 is 22.0 Å². The van der Waals surface area contributed by atoms with E-state index in [1.165, 1.54) is 39.0 Å². The van der Waals surface area contributed by atoms with Gasteiger partial charge in [-0.3, -0.25) is 9.10 Å². The van der Waals surface area contributed by atoms with Crippen molar-refractivity contribution < 1.29 is 22.7 Å². The van der Waals surface area contributed by atoms with Crippen molar-refractivity contribution in [3.8, 4) is 11.5 Å². The van der Waals surface area contributed by atoms with Crippen LogP contribution in [0.5, 0.6) is 11.5 Å². The van der Waals surface area contributed by atoms with Gasteiger partial charge in [-0.2, -0.15) is 0 Å². The van der Waals surface area contributed by atoms with Gasteiger partial charge in [0.05, 0.1) is 31.9 Å². The van der Waals surface area contributed by atoms with Gasteiger partial charge in [-0.15, -0.1) is 11.8 Å². The Balaban J connectivity index is 2.45. The zero-order valence-corrected chi connectivity index (χ0v) is 18.1. The average molecular weight is 425 g/mol. The zero-order valence-electron chi connectivity index (χ0n) is 16.4. The molecule has 0 radical (unpaired) electrons. The highest BCUT2D eigenvalue weighted by atomic mass is 32.2. The molecule has 1 amide bonds. The summed E-state index contributed by atoms with van der Waals surface area (Å²) in [5.41, 5.74) is 0.850. The lowest BCUT2D eigenvalue weighted by molar-refractivity contribution is -0.116. The highest BCUT2D eigenvalue weighted by molar-refractivity contribution is 7.98. The summed E-state index contributed by atoms with van der Waals surface area (Å²) >= 11 is 1.49. The molecular weight excluding hydrogens is 400 g/mol. The second-order valence-electron chi connectivity index (χ2n) is 5.96. The lowest BCUT2D eigenvalue weighted by atomic mass is 10.2. The third kappa shape index (κ3) is 4.90. The van der Waals surface area contributed by atoms with Gasteiger partial charge in [-0.25, -0.2) is 8.42 Å². The first-order valence-electron chi connectivity index (χ1n) is 8.38. The van der Waals surface area contributed by atoms with E-state index in [4.69, 9.17) is 9.47 Å². The summed E-state index contributed by atoms with van der Waals surface area (Å²) in [7, 11) is -0.882. The minimum Gasteiger partial charge on any atom is -0.497 e. The Labute approximate surface area is 170 Å². The number of hydrogen-bond acceptors (Lipinski definition) is 6. The summed E-state index contributed by atoms with van der Waals surface area (Å²) in [4.78, 5) is 13.8. The Morgan fingerprint density at radius 1 is 1.14 bits per heavy atom. The van der Waals surface area contributed by atoms with E-state index in [-0.39, 0.29) is 5.69 Å². The summed E-state index contributed by atoms with van der Waals surface area (Å²) in [6, 6.07) is 11.1. The van der Waals surface area contributed by atoms with Crippen LogP contribution in [-0.2, 0) is 14.8 Å². The Bertz CT molecular complexity index is 947. The van der Waals surface area contributed by atoms with Crippen molar-refractivity contribution in [2.24, 2.45) is 0 Å². The smallest absolute Gasteiger partial charge is 0.248 e. The lowest BCUT2D eigenvalue weighted by Crippen LogP contribution is -2.45. The van der Waals surface area contributed by atoms with Gasteiger partial charge in [0.25, 0.3) is 0 Å². The molecule has 0 unspecified atom stereocenters. The zero-order chi connectivity index (χ0) is 20.9. The van der Waals surface area contributed by atoms with Crippen LogP contribution >= 0.6 is 11.8 Å². The molecule has 0 saturated heterocycles. The molecule has 0 fully saturated rings. The highest BCUT2D eigenvalue weighted by Gasteiger charge is 2.32. The van der Waals surface area contributed by atoms with Crippen LogP contribution in [0.1, 0.15) is 6.92 Å². The van der Waals surface area contributed by atoms with E-state index >= 15 is 0 Å². The summed E-state index contributed by atoms with van der Waals surface area (Å²) in [5.74, 6) is 0.303. The Kier molecular flexibility index (Phi) is 7.20. The van der Waals surface area contributed by atoms with Crippen molar-refractivity contribution in [1.82, 2.24) is 0 Å². The van der Waals surface area contributed by atoms with Gasteiger partial charge in [0.15, 0.2) is 0 Å². The van der Waals surface area contributed by atoms with Gasteiger partial charge in [-0.05, 0) is 37.4 Å². The number of hydrogen-bond donors (Lipinski definition) is 1. The molecule has 0 aliphatic heterocycles. The Morgan fingerprint density at radius 3 is 2.39 bits per heavy atom. The molecule has 0 bridgehead atoms. The number of carbonyl (C=O) groups excluding carboxylic acids is 1. The van der Waals surface area contributed by atoms with Crippen LogP contribution in [0.4, 0.5) is 11.4 Å². The monoisotopic (exact) mass is 424 g/mol. The fourth-order valence-electron chi connectivity index (χ4n) is 2.74. The van der Waals surface area contributed by atoms with Crippen molar-refractivity contribution in [1.29, 1.82) is 0 Å². The molecule has 0 aliphatic rings. The number of rotatable bonds is 8. The quantitative estimate of drug-likeness (QED) is 0.655. The van der Waals surface area contributed by atoms with Crippen molar-refractivity contribution >= 4 is 39.1 Å². The number of anilines is 2. The number of ether oxygens (including phenoxy) is 2. The fraction of sp³-hybridized carbons (Fsp3) is 0.316. The maximum absolute atomic E-state index is 12.9. The maximum atomic E-state index is 12.9. The molecule has 152 valence electrons. The molecule has 7 nitrogen and oxygen atoms in total. The molecular formula is C19H24N2O5S2. The molecule has 0 saturated carbocycles. The first kappa shape index (κ1) is 21.9. The van der Waals surface area contributed by atoms with E-state index in [1.54, 1.807) is 24.3 Å². The summed E-state index contributed by atoms with van der Waals surface area (Å²) in [5, 5.41) is 2.81. The van der Waals surface area contributed by atoms with Crippen molar-refractivity contribution in [2.75, 3.05) is 36.4 Å². The van der Waals surface area contributed by atoms with Crippen LogP contribution in [-0.4, -0.2) is 47.1 Å². The largest absolute Gasteiger partial charge is 0.497 e. The third-order valence-electron chi connectivity index (χ3n) is 4.08. The topological polar surface area (TPSA) is 84.9 Å². The molecule has 9 heteroatoms. The number of benzene rings is 2. The van der Waals surface area contributed by atoms with E-state index in [1.807, 2.05) is 18.4 Å². The van der Waals surface area contributed by atoms with Crippen LogP contribution in [0.15, 0.2) is 47.4 Å². The second kappa shape index (κ2) is 9.20. The number of methoxy groups -OCH3 is 2. The van der Waals surface area contributed by atoms with E-state index in [0.717, 1.165) is 15.5 Å². The number of carbonyl (C=O) groups is 1.